The number of ether oxygens (including phenoxy) is 6. The molecule has 0 unspecified atom stereocenters. The van der Waals surface area contributed by atoms with Gasteiger partial charge in [0.05, 0.1) is 13.2 Å². The first-order valence-electron chi connectivity index (χ1n) is 9.39. The number of carbonyl (C=O) groups is 1. The highest BCUT2D eigenvalue weighted by molar-refractivity contribution is 5.75. The molecule has 2 aromatic carbocycles. The molecular weight excluding hydrogens is 378 g/mol. The van der Waals surface area contributed by atoms with Crippen molar-refractivity contribution in [3.05, 3.63) is 48.5 Å². The van der Waals surface area contributed by atoms with Gasteiger partial charge in [0.15, 0.2) is 23.0 Å². The molecular formula is C21H25NO7. The minimum atomic E-state index is -0.565. The largest absolute Gasteiger partial charge is 0.487 e. The van der Waals surface area contributed by atoms with Crippen molar-refractivity contribution in [3.63, 3.8) is 0 Å². The van der Waals surface area contributed by atoms with Gasteiger partial charge in [-0.15, -0.1) is 0 Å². The summed E-state index contributed by atoms with van der Waals surface area (Å²) in [6, 6.07) is 14.6. The van der Waals surface area contributed by atoms with E-state index in [1.54, 1.807) is 12.1 Å². The van der Waals surface area contributed by atoms with E-state index >= 15 is 0 Å². The Morgan fingerprint density at radius 2 is 1.24 bits per heavy atom. The highest BCUT2D eigenvalue weighted by Crippen LogP contribution is 2.28. The van der Waals surface area contributed by atoms with Crippen molar-refractivity contribution in [2.45, 2.75) is 6.10 Å². The van der Waals surface area contributed by atoms with E-state index in [0.717, 1.165) is 0 Å². The Kier molecular flexibility index (Phi) is 7.97. The normalized spacial score (nSPS) is 16.1. The number of nitrogens with two attached hydrogens (primary N) is 1. The van der Waals surface area contributed by atoms with E-state index in [9.17, 15) is 4.79 Å². The number of carbonyl (C=O) groups excluding carboxylic acids is 1. The highest BCUT2D eigenvalue weighted by Gasteiger charge is 2.16. The lowest BCUT2D eigenvalue weighted by Gasteiger charge is -2.21. The maximum Gasteiger partial charge on any atom is 0.243 e. The number of para-hydroxylation sites is 4. The zero-order valence-electron chi connectivity index (χ0n) is 16.1. The van der Waals surface area contributed by atoms with Crippen molar-refractivity contribution in [2.75, 3.05) is 46.2 Å². The second-order valence-electron chi connectivity index (χ2n) is 6.22. The van der Waals surface area contributed by atoms with Crippen LogP contribution in [0.1, 0.15) is 0 Å². The molecule has 1 heterocycles. The summed E-state index contributed by atoms with van der Waals surface area (Å²) in [5, 5.41) is 0. The first kappa shape index (κ1) is 20.8. The second kappa shape index (κ2) is 11.1. The highest BCUT2D eigenvalue weighted by atomic mass is 16.6. The third-order valence-corrected chi connectivity index (χ3v) is 3.98. The standard InChI is InChI=1S/C21H25NO7/c22-21(23)15-27-16-13-28-19-7-3-1-5-17(19)25-11-9-24-10-12-26-18-6-2-4-8-20(18)29-14-16/h1-8,16H,9-15H2,(H2,22,23). The molecule has 1 amide bonds. The molecule has 0 aromatic heterocycles. The third-order valence-electron chi connectivity index (χ3n) is 3.98. The summed E-state index contributed by atoms with van der Waals surface area (Å²) in [6.07, 6.45) is -0.528. The van der Waals surface area contributed by atoms with Crippen LogP contribution in [0.5, 0.6) is 23.0 Å². The van der Waals surface area contributed by atoms with Crippen LogP contribution in [-0.2, 0) is 14.3 Å². The van der Waals surface area contributed by atoms with Gasteiger partial charge in [-0.3, -0.25) is 4.79 Å². The second-order valence-corrected chi connectivity index (χ2v) is 6.22. The van der Waals surface area contributed by atoms with Crippen LogP contribution in [-0.4, -0.2) is 58.3 Å². The first-order chi connectivity index (χ1) is 14.2. The van der Waals surface area contributed by atoms with Gasteiger partial charge in [0.1, 0.15) is 39.1 Å². The van der Waals surface area contributed by atoms with Crippen LogP contribution in [0.2, 0.25) is 0 Å². The van der Waals surface area contributed by atoms with Gasteiger partial charge < -0.3 is 34.2 Å². The van der Waals surface area contributed by atoms with Crippen molar-refractivity contribution < 1.29 is 33.2 Å². The zero-order valence-corrected chi connectivity index (χ0v) is 16.1. The quantitative estimate of drug-likeness (QED) is 0.834. The predicted octanol–water partition coefficient (Wildman–Crippen LogP) is 1.80. The summed E-state index contributed by atoms with van der Waals surface area (Å²) in [5.41, 5.74) is 5.21. The third kappa shape index (κ3) is 6.85. The molecule has 8 nitrogen and oxygen atoms in total. The molecule has 2 aromatic rings. The number of hydrogen-bond acceptors (Lipinski definition) is 7. The molecule has 1 aliphatic rings. The molecule has 156 valence electrons. The van der Waals surface area contributed by atoms with E-state index in [2.05, 4.69) is 0 Å². The smallest absolute Gasteiger partial charge is 0.243 e. The fourth-order valence-electron chi connectivity index (χ4n) is 2.61. The average molecular weight is 403 g/mol. The van der Waals surface area contributed by atoms with E-state index < -0.39 is 12.0 Å². The van der Waals surface area contributed by atoms with Crippen LogP contribution in [0.15, 0.2) is 48.5 Å². The summed E-state index contributed by atoms with van der Waals surface area (Å²) >= 11 is 0. The van der Waals surface area contributed by atoms with Crippen LogP contribution in [0.4, 0.5) is 0 Å². The van der Waals surface area contributed by atoms with Gasteiger partial charge in [0.2, 0.25) is 5.91 Å². The summed E-state index contributed by atoms with van der Waals surface area (Å²) in [5.74, 6) is 1.76. The fraction of sp³-hybridized carbons (Fsp3) is 0.381. The summed E-state index contributed by atoms with van der Waals surface area (Å²) in [4.78, 5) is 11.1. The first-order valence-corrected chi connectivity index (χ1v) is 9.39. The Balaban J connectivity index is 1.74. The summed E-state index contributed by atoms with van der Waals surface area (Å²) in [7, 11) is 0. The molecule has 3 rings (SSSR count). The Labute approximate surface area is 169 Å². The molecule has 29 heavy (non-hydrogen) atoms. The van der Waals surface area contributed by atoms with Crippen LogP contribution in [0.25, 0.3) is 0 Å². The Morgan fingerprint density at radius 3 is 1.69 bits per heavy atom. The van der Waals surface area contributed by atoms with Gasteiger partial charge in [-0.05, 0) is 24.3 Å². The predicted molar refractivity (Wildman–Crippen MR) is 105 cm³/mol. The lowest BCUT2D eigenvalue weighted by Crippen LogP contribution is -2.32. The summed E-state index contributed by atoms with van der Waals surface area (Å²) < 4.78 is 34.3. The molecule has 0 spiro atoms. The zero-order chi connectivity index (χ0) is 20.3. The number of benzene rings is 2. The van der Waals surface area contributed by atoms with Crippen molar-refractivity contribution in [1.29, 1.82) is 0 Å². The van der Waals surface area contributed by atoms with E-state index in [-0.39, 0.29) is 19.8 Å². The van der Waals surface area contributed by atoms with Crippen molar-refractivity contribution in [1.82, 2.24) is 0 Å². The van der Waals surface area contributed by atoms with E-state index in [4.69, 9.17) is 34.2 Å². The minimum Gasteiger partial charge on any atom is -0.487 e. The molecule has 0 atom stereocenters. The molecule has 0 saturated carbocycles. The minimum absolute atomic E-state index is 0.146. The maximum atomic E-state index is 11.1. The molecule has 1 aliphatic heterocycles. The van der Waals surface area contributed by atoms with Gasteiger partial charge in [-0.1, -0.05) is 24.3 Å². The number of hydrogen-bond donors (Lipinski definition) is 1. The Hall–Kier alpha value is -2.97. The Bertz CT molecular complexity index is 728. The number of rotatable bonds is 3. The van der Waals surface area contributed by atoms with Crippen molar-refractivity contribution in [2.24, 2.45) is 5.73 Å². The van der Waals surface area contributed by atoms with Crippen molar-refractivity contribution in [3.8, 4) is 23.0 Å². The number of primary amides is 1. The van der Waals surface area contributed by atoms with Crippen LogP contribution in [0, 0.1) is 0 Å². The van der Waals surface area contributed by atoms with E-state index in [1.807, 2.05) is 36.4 Å². The van der Waals surface area contributed by atoms with Crippen molar-refractivity contribution >= 4 is 5.91 Å². The molecule has 0 bridgehead atoms. The maximum absolute atomic E-state index is 11.1. The SMILES string of the molecule is NC(=O)COC1COc2ccccc2OCCOCCOc2ccccc2OC1. The lowest BCUT2D eigenvalue weighted by atomic mass is 10.3. The average Bonchev–Trinajstić information content (AvgIpc) is 2.73. The van der Waals surface area contributed by atoms with Gasteiger partial charge in [-0.25, -0.2) is 0 Å². The number of amides is 1. The topological polar surface area (TPSA) is 98.5 Å². The van der Waals surface area contributed by atoms with Crippen LogP contribution in [0.3, 0.4) is 0 Å². The monoisotopic (exact) mass is 403 g/mol. The van der Waals surface area contributed by atoms with E-state index in [0.29, 0.717) is 49.4 Å². The van der Waals surface area contributed by atoms with Crippen LogP contribution < -0.4 is 24.7 Å². The van der Waals surface area contributed by atoms with Crippen LogP contribution >= 0.6 is 0 Å². The fourth-order valence-corrected chi connectivity index (χ4v) is 2.61. The van der Waals surface area contributed by atoms with Gasteiger partial charge in [0, 0.05) is 0 Å². The molecule has 0 radical (unpaired) electrons. The van der Waals surface area contributed by atoms with E-state index in [1.165, 1.54) is 0 Å². The number of fused-ring (bicyclic) bond motifs is 2. The molecule has 2 N–H and O–H groups in total. The molecule has 0 aliphatic carbocycles. The summed E-state index contributed by atoms with van der Waals surface area (Å²) in [6.45, 7) is 1.65. The lowest BCUT2D eigenvalue weighted by molar-refractivity contribution is -0.125. The molecule has 0 fully saturated rings. The van der Waals surface area contributed by atoms with Gasteiger partial charge in [0.25, 0.3) is 0 Å². The molecule has 8 heteroatoms. The molecule has 0 saturated heterocycles. The van der Waals surface area contributed by atoms with Gasteiger partial charge >= 0.3 is 0 Å². The Morgan fingerprint density at radius 1 is 0.793 bits per heavy atom. The van der Waals surface area contributed by atoms with Gasteiger partial charge in [-0.2, -0.15) is 0 Å².